The Hall–Kier alpha value is -1.89. The van der Waals surface area contributed by atoms with Crippen LogP contribution in [-0.4, -0.2) is 79.3 Å². The summed E-state index contributed by atoms with van der Waals surface area (Å²) in [5.41, 5.74) is 1.77. The van der Waals surface area contributed by atoms with Crippen molar-refractivity contribution in [1.29, 1.82) is 0 Å². The molecule has 2 fully saturated rings. The third kappa shape index (κ3) is 3.92. The number of nitrogens with zero attached hydrogens (tertiary/aromatic N) is 2. The molecule has 0 atom stereocenters. The second-order valence-corrected chi connectivity index (χ2v) is 7.08. The summed E-state index contributed by atoms with van der Waals surface area (Å²) < 4.78 is 10.9. The molecule has 6 nitrogen and oxygen atoms in total. The lowest BCUT2D eigenvalue weighted by Gasteiger charge is -2.36. The molecular weight excluding hydrogens is 330 g/mol. The van der Waals surface area contributed by atoms with E-state index in [1.165, 1.54) is 0 Å². The van der Waals surface area contributed by atoms with E-state index in [0.29, 0.717) is 0 Å². The standard InChI is InChI=1S/C20H27N3O3/c24-20(17-2-1-16-3-6-21-19(16)15-17)23(18-4-11-25-12-5-18)8-7-22-9-13-26-14-10-22/h1-3,6,15,18,21H,4-5,7-14H2. The monoisotopic (exact) mass is 357 g/mol. The minimum atomic E-state index is 0.127. The van der Waals surface area contributed by atoms with Crippen molar-refractivity contribution in [2.45, 2.75) is 18.9 Å². The molecule has 26 heavy (non-hydrogen) atoms. The Kier molecular flexibility index (Phi) is 5.53. The van der Waals surface area contributed by atoms with E-state index in [-0.39, 0.29) is 11.9 Å². The largest absolute Gasteiger partial charge is 0.381 e. The maximum atomic E-state index is 13.3. The van der Waals surface area contributed by atoms with Crippen molar-refractivity contribution in [3.63, 3.8) is 0 Å². The molecule has 0 unspecified atom stereocenters. The van der Waals surface area contributed by atoms with Gasteiger partial charge in [0.25, 0.3) is 5.91 Å². The number of nitrogens with one attached hydrogen (secondary N) is 1. The van der Waals surface area contributed by atoms with Gasteiger partial charge in [-0.15, -0.1) is 0 Å². The minimum Gasteiger partial charge on any atom is -0.381 e. The highest BCUT2D eigenvalue weighted by Gasteiger charge is 2.27. The molecule has 140 valence electrons. The molecule has 0 radical (unpaired) electrons. The maximum absolute atomic E-state index is 13.3. The molecule has 3 heterocycles. The lowest BCUT2D eigenvalue weighted by atomic mass is 10.0. The predicted molar refractivity (Wildman–Crippen MR) is 100 cm³/mol. The van der Waals surface area contributed by atoms with Gasteiger partial charge >= 0.3 is 0 Å². The molecular formula is C20H27N3O3. The fourth-order valence-corrected chi connectivity index (χ4v) is 3.87. The summed E-state index contributed by atoms with van der Waals surface area (Å²) in [6.07, 6.45) is 3.74. The van der Waals surface area contributed by atoms with Gasteiger partial charge in [0.15, 0.2) is 0 Å². The zero-order valence-corrected chi connectivity index (χ0v) is 15.2. The molecule has 1 aromatic heterocycles. The number of aromatic amines is 1. The van der Waals surface area contributed by atoms with E-state index in [1.807, 2.05) is 30.5 Å². The highest BCUT2D eigenvalue weighted by molar-refractivity contribution is 5.98. The lowest BCUT2D eigenvalue weighted by molar-refractivity contribution is 0.0141. The number of carbonyl (C=O) groups is 1. The number of hydrogen-bond donors (Lipinski definition) is 1. The number of fused-ring (bicyclic) bond motifs is 1. The first-order valence-electron chi connectivity index (χ1n) is 9.57. The van der Waals surface area contributed by atoms with Crippen LogP contribution in [0.3, 0.4) is 0 Å². The molecule has 0 bridgehead atoms. The Balaban J connectivity index is 1.50. The lowest BCUT2D eigenvalue weighted by Crippen LogP contribution is -2.48. The van der Waals surface area contributed by atoms with Crippen molar-refractivity contribution in [2.75, 3.05) is 52.6 Å². The third-order valence-corrected chi connectivity index (χ3v) is 5.46. The van der Waals surface area contributed by atoms with E-state index >= 15 is 0 Å². The highest BCUT2D eigenvalue weighted by atomic mass is 16.5. The van der Waals surface area contributed by atoms with Crippen molar-refractivity contribution in [1.82, 2.24) is 14.8 Å². The molecule has 1 N–H and O–H groups in total. The number of amides is 1. The molecule has 0 spiro atoms. The quantitative estimate of drug-likeness (QED) is 0.891. The summed E-state index contributed by atoms with van der Waals surface area (Å²) in [7, 11) is 0. The number of benzene rings is 1. The van der Waals surface area contributed by atoms with Crippen molar-refractivity contribution in [3.05, 3.63) is 36.0 Å². The van der Waals surface area contributed by atoms with E-state index in [0.717, 1.165) is 81.9 Å². The third-order valence-electron chi connectivity index (χ3n) is 5.46. The van der Waals surface area contributed by atoms with Crippen LogP contribution in [-0.2, 0) is 9.47 Å². The number of rotatable bonds is 5. The van der Waals surface area contributed by atoms with E-state index in [9.17, 15) is 4.79 Å². The first-order valence-corrected chi connectivity index (χ1v) is 9.57. The Bertz CT molecular complexity index is 733. The first-order chi connectivity index (χ1) is 12.8. The molecule has 0 aliphatic carbocycles. The highest BCUT2D eigenvalue weighted by Crippen LogP contribution is 2.20. The Morgan fingerprint density at radius 1 is 1.12 bits per heavy atom. The van der Waals surface area contributed by atoms with E-state index < -0.39 is 0 Å². The summed E-state index contributed by atoms with van der Waals surface area (Å²) in [4.78, 5) is 21.0. The van der Waals surface area contributed by atoms with Crippen LogP contribution in [0.5, 0.6) is 0 Å². The summed E-state index contributed by atoms with van der Waals surface area (Å²) in [5.74, 6) is 0.127. The molecule has 4 rings (SSSR count). The molecule has 6 heteroatoms. The molecule has 2 aliphatic heterocycles. The van der Waals surface area contributed by atoms with Gasteiger partial charge < -0.3 is 19.4 Å². The van der Waals surface area contributed by atoms with Crippen LogP contribution in [0.4, 0.5) is 0 Å². The van der Waals surface area contributed by atoms with Gasteiger partial charge in [0.1, 0.15) is 0 Å². The molecule has 1 aromatic carbocycles. The van der Waals surface area contributed by atoms with Gasteiger partial charge in [0.05, 0.1) is 13.2 Å². The summed E-state index contributed by atoms with van der Waals surface area (Å²) >= 11 is 0. The SMILES string of the molecule is O=C(c1ccc2cc[nH]c2c1)N(CCN1CCOCC1)C1CCOCC1. The van der Waals surface area contributed by atoms with E-state index in [2.05, 4.69) is 14.8 Å². The van der Waals surface area contributed by atoms with Gasteiger partial charge in [-0.1, -0.05) is 6.07 Å². The van der Waals surface area contributed by atoms with Crippen LogP contribution < -0.4 is 0 Å². The van der Waals surface area contributed by atoms with Gasteiger partial charge in [-0.05, 0) is 36.4 Å². The van der Waals surface area contributed by atoms with Crippen LogP contribution >= 0.6 is 0 Å². The molecule has 2 aromatic rings. The summed E-state index contributed by atoms with van der Waals surface area (Å²) in [6, 6.07) is 8.22. The second-order valence-electron chi connectivity index (χ2n) is 7.08. The second kappa shape index (κ2) is 8.20. The smallest absolute Gasteiger partial charge is 0.254 e. The Morgan fingerprint density at radius 3 is 2.69 bits per heavy atom. The maximum Gasteiger partial charge on any atom is 0.254 e. The number of morpholine rings is 1. The number of aromatic nitrogens is 1. The van der Waals surface area contributed by atoms with Crippen molar-refractivity contribution < 1.29 is 14.3 Å². The Labute approximate surface area is 154 Å². The van der Waals surface area contributed by atoms with Crippen molar-refractivity contribution in [2.24, 2.45) is 0 Å². The van der Waals surface area contributed by atoms with Gasteiger partial charge in [0.2, 0.25) is 0 Å². The van der Waals surface area contributed by atoms with Crippen LogP contribution in [0.2, 0.25) is 0 Å². The summed E-state index contributed by atoms with van der Waals surface area (Å²) in [5, 5.41) is 1.13. The number of carbonyl (C=O) groups excluding carboxylic acids is 1. The fourth-order valence-electron chi connectivity index (χ4n) is 3.87. The fraction of sp³-hybridized carbons (Fsp3) is 0.550. The Morgan fingerprint density at radius 2 is 1.88 bits per heavy atom. The van der Waals surface area contributed by atoms with Gasteiger partial charge in [-0.3, -0.25) is 9.69 Å². The number of ether oxygens (including phenoxy) is 2. The van der Waals surface area contributed by atoms with Gasteiger partial charge in [0, 0.05) is 62.7 Å². The van der Waals surface area contributed by atoms with Gasteiger partial charge in [-0.2, -0.15) is 0 Å². The van der Waals surface area contributed by atoms with Crippen LogP contribution in [0.25, 0.3) is 10.9 Å². The number of H-pyrrole nitrogens is 1. The zero-order chi connectivity index (χ0) is 17.8. The van der Waals surface area contributed by atoms with Crippen LogP contribution in [0.1, 0.15) is 23.2 Å². The van der Waals surface area contributed by atoms with Crippen molar-refractivity contribution in [3.8, 4) is 0 Å². The molecule has 2 aliphatic rings. The average Bonchev–Trinajstić information content (AvgIpc) is 3.17. The topological polar surface area (TPSA) is 57.8 Å². The van der Waals surface area contributed by atoms with Gasteiger partial charge in [-0.25, -0.2) is 0 Å². The normalized spacial score (nSPS) is 19.7. The van der Waals surface area contributed by atoms with Crippen LogP contribution in [0, 0.1) is 0 Å². The minimum absolute atomic E-state index is 0.127. The predicted octanol–water partition coefficient (Wildman–Crippen LogP) is 2.12. The van der Waals surface area contributed by atoms with E-state index in [1.54, 1.807) is 0 Å². The summed E-state index contributed by atoms with van der Waals surface area (Å²) in [6.45, 7) is 6.60. The molecule has 2 saturated heterocycles. The number of hydrogen-bond acceptors (Lipinski definition) is 4. The van der Waals surface area contributed by atoms with Crippen LogP contribution in [0.15, 0.2) is 30.5 Å². The average molecular weight is 357 g/mol. The first kappa shape index (κ1) is 17.5. The molecule has 1 amide bonds. The zero-order valence-electron chi connectivity index (χ0n) is 15.2. The van der Waals surface area contributed by atoms with Crippen molar-refractivity contribution >= 4 is 16.8 Å². The van der Waals surface area contributed by atoms with E-state index in [4.69, 9.17) is 9.47 Å². The molecule has 0 saturated carbocycles.